The van der Waals surface area contributed by atoms with Crippen molar-refractivity contribution >= 4 is 10.2 Å². The van der Waals surface area contributed by atoms with Gasteiger partial charge in [-0.1, -0.05) is 0 Å². The average Bonchev–Trinajstić information content (AvgIpc) is 2.39. The molecule has 2 fully saturated rings. The normalized spacial score (nSPS) is 24.5. The van der Waals surface area contributed by atoms with Crippen molar-refractivity contribution in [2.75, 3.05) is 40.3 Å². The summed E-state index contributed by atoms with van der Waals surface area (Å²) < 4.78 is 34.3. The van der Waals surface area contributed by atoms with Crippen LogP contribution in [0.15, 0.2) is 0 Å². The van der Waals surface area contributed by atoms with E-state index in [4.69, 9.17) is 4.74 Å². The standard InChI is InChI=1S/C13H27N3O3S/c1-14-10-12-4-8-16(9-5-12)20(17,18)15-11-13(19-2)6-3-7-13/h12,14-15H,3-11H2,1-2H3. The predicted octanol–water partition coefficient (Wildman–Crippen LogP) is 0.321. The molecule has 1 saturated heterocycles. The van der Waals surface area contributed by atoms with Gasteiger partial charge in [0.05, 0.1) is 5.60 Å². The molecule has 0 spiro atoms. The van der Waals surface area contributed by atoms with Crippen LogP contribution in [0.5, 0.6) is 0 Å². The molecule has 6 nitrogen and oxygen atoms in total. The first-order valence-electron chi connectivity index (χ1n) is 7.46. The highest BCUT2D eigenvalue weighted by atomic mass is 32.2. The van der Waals surface area contributed by atoms with E-state index >= 15 is 0 Å². The Bertz CT molecular complexity index is 396. The van der Waals surface area contributed by atoms with Crippen LogP contribution in [0.2, 0.25) is 0 Å². The van der Waals surface area contributed by atoms with Crippen LogP contribution >= 0.6 is 0 Å². The number of methoxy groups -OCH3 is 1. The second kappa shape index (κ2) is 6.70. The fourth-order valence-corrected chi connectivity index (χ4v) is 4.30. The van der Waals surface area contributed by atoms with Crippen LogP contribution < -0.4 is 10.0 Å². The first-order valence-corrected chi connectivity index (χ1v) is 8.90. The first-order chi connectivity index (χ1) is 9.51. The lowest BCUT2D eigenvalue weighted by Gasteiger charge is -2.41. The summed E-state index contributed by atoms with van der Waals surface area (Å²) in [4.78, 5) is 0. The summed E-state index contributed by atoms with van der Waals surface area (Å²) in [5.74, 6) is 0.586. The molecule has 0 bridgehead atoms. The van der Waals surface area contributed by atoms with E-state index in [0.717, 1.165) is 38.6 Å². The van der Waals surface area contributed by atoms with Gasteiger partial charge < -0.3 is 10.1 Å². The van der Waals surface area contributed by atoms with Gasteiger partial charge in [0.25, 0.3) is 10.2 Å². The smallest absolute Gasteiger partial charge is 0.279 e. The molecule has 7 heteroatoms. The van der Waals surface area contributed by atoms with Gasteiger partial charge in [-0.25, -0.2) is 0 Å². The van der Waals surface area contributed by atoms with Crippen molar-refractivity contribution in [1.82, 2.24) is 14.3 Å². The van der Waals surface area contributed by atoms with Gasteiger partial charge in [-0.15, -0.1) is 0 Å². The van der Waals surface area contributed by atoms with Crippen LogP contribution in [0.1, 0.15) is 32.1 Å². The Labute approximate surface area is 122 Å². The predicted molar refractivity (Wildman–Crippen MR) is 78.7 cm³/mol. The Morgan fingerprint density at radius 3 is 2.40 bits per heavy atom. The number of nitrogens with zero attached hydrogens (tertiary/aromatic N) is 1. The van der Waals surface area contributed by atoms with Gasteiger partial charge >= 0.3 is 0 Å². The summed E-state index contributed by atoms with van der Waals surface area (Å²) in [6.07, 6.45) is 4.85. The Morgan fingerprint density at radius 1 is 1.30 bits per heavy atom. The van der Waals surface area contributed by atoms with Gasteiger partial charge in [0, 0.05) is 26.7 Å². The van der Waals surface area contributed by atoms with Crippen LogP contribution in [0.4, 0.5) is 0 Å². The molecule has 0 aromatic rings. The van der Waals surface area contributed by atoms with Crippen molar-refractivity contribution in [3.8, 4) is 0 Å². The van der Waals surface area contributed by atoms with Gasteiger partial charge in [0.15, 0.2) is 0 Å². The number of hydrogen-bond donors (Lipinski definition) is 2. The third-order valence-corrected chi connectivity index (χ3v) is 6.23. The van der Waals surface area contributed by atoms with E-state index in [1.54, 1.807) is 11.4 Å². The summed E-state index contributed by atoms with van der Waals surface area (Å²) in [7, 11) is 0.243. The zero-order chi connectivity index (χ0) is 14.6. The molecule has 1 aliphatic carbocycles. The minimum absolute atomic E-state index is 0.266. The number of rotatable bonds is 7. The molecule has 2 N–H and O–H groups in total. The Hall–Kier alpha value is -0.210. The van der Waals surface area contributed by atoms with Crippen molar-refractivity contribution < 1.29 is 13.2 Å². The highest BCUT2D eigenvalue weighted by Crippen LogP contribution is 2.34. The third kappa shape index (κ3) is 3.71. The maximum atomic E-state index is 12.3. The molecule has 1 saturated carbocycles. The molecule has 0 amide bonds. The molecule has 0 unspecified atom stereocenters. The highest BCUT2D eigenvalue weighted by molar-refractivity contribution is 7.87. The fraction of sp³-hybridized carbons (Fsp3) is 1.00. The molecular formula is C13H27N3O3S. The van der Waals surface area contributed by atoms with E-state index in [9.17, 15) is 8.42 Å². The molecule has 1 heterocycles. The summed E-state index contributed by atoms with van der Waals surface area (Å²) >= 11 is 0. The molecule has 0 aromatic carbocycles. The van der Waals surface area contributed by atoms with Crippen LogP contribution in [-0.4, -0.2) is 58.7 Å². The molecule has 1 aliphatic heterocycles. The van der Waals surface area contributed by atoms with Gasteiger partial charge in [0.2, 0.25) is 0 Å². The van der Waals surface area contributed by atoms with Crippen LogP contribution in [0.3, 0.4) is 0 Å². The summed E-state index contributed by atoms with van der Waals surface area (Å²) in [6.45, 7) is 2.58. The molecule has 118 valence electrons. The molecule has 0 atom stereocenters. The van der Waals surface area contributed by atoms with E-state index in [1.165, 1.54) is 0 Å². The number of hydrogen-bond acceptors (Lipinski definition) is 4. The molecule has 2 rings (SSSR count). The zero-order valence-electron chi connectivity index (χ0n) is 12.5. The minimum Gasteiger partial charge on any atom is -0.377 e. The van der Waals surface area contributed by atoms with Crippen molar-refractivity contribution in [1.29, 1.82) is 0 Å². The second-order valence-corrected chi connectivity index (χ2v) is 7.72. The maximum absolute atomic E-state index is 12.3. The van der Waals surface area contributed by atoms with Gasteiger partial charge in [-0.3, -0.25) is 0 Å². The molecule has 2 aliphatic rings. The van der Waals surface area contributed by atoms with Crippen molar-refractivity contribution in [3.05, 3.63) is 0 Å². The lowest BCUT2D eigenvalue weighted by Crippen LogP contribution is -2.53. The third-order valence-electron chi connectivity index (χ3n) is 4.68. The van der Waals surface area contributed by atoms with Crippen molar-refractivity contribution in [2.24, 2.45) is 5.92 Å². The zero-order valence-corrected chi connectivity index (χ0v) is 13.3. The Kier molecular flexibility index (Phi) is 5.42. The van der Waals surface area contributed by atoms with Crippen LogP contribution in [-0.2, 0) is 14.9 Å². The summed E-state index contributed by atoms with van der Waals surface area (Å²) in [5.41, 5.74) is -0.266. The first kappa shape index (κ1) is 16.2. The van der Waals surface area contributed by atoms with E-state index < -0.39 is 10.2 Å². The van der Waals surface area contributed by atoms with Gasteiger partial charge in [0.1, 0.15) is 0 Å². The number of nitrogens with one attached hydrogen (secondary N) is 2. The van der Waals surface area contributed by atoms with E-state index in [0.29, 0.717) is 25.6 Å². The minimum atomic E-state index is -3.36. The van der Waals surface area contributed by atoms with E-state index in [-0.39, 0.29) is 5.60 Å². The molecular weight excluding hydrogens is 278 g/mol. The van der Waals surface area contributed by atoms with E-state index in [1.807, 2.05) is 7.05 Å². The Balaban J connectivity index is 1.82. The number of ether oxygens (including phenoxy) is 1. The second-order valence-electron chi connectivity index (χ2n) is 5.97. The van der Waals surface area contributed by atoms with Gasteiger partial charge in [-0.2, -0.15) is 17.4 Å². The Morgan fingerprint density at radius 2 is 1.95 bits per heavy atom. The summed E-state index contributed by atoms with van der Waals surface area (Å²) in [6, 6.07) is 0. The fourth-order valence-electron chi connectivity index (χ4n) is 2.98. The molecule has 0 aromatic heterocycles. The van der Waals surface area contributed by atoms with E-state index in [2.05, 4.69) is 10.0 Å². The molecule has 0 radical (unpaired) electrons. The lowest BCUT2D eigenvalue weighted by molar-refractivity contribution is -0.0661. The van der Waals surface area contributed by atoms with Crippen molar-refractivity contribution in [2.45, 2.75) is 37.7 Å². The quantitative estimate of drug-likeness (QED) is 0.711. The lowest BCUT2D eigenvalue weighted by atomic mass is 9.80. The number of piperidine rings is 1. The van der Waals surface area contributed by atoms with Crippen LogP contribution in [0, 0.1) is 5.92 Å². The monoisotopic (exact) mass is 305 g/mol. The van der Waals surface area contributed by atoms with Crippen molar-refractivity contribution in [3.63, 3.8) is 0 Å². The SMILES string of the molecule is CNCC1CCN(S(=O)(=O)NCC2(OC)CCC2)CC1. The van der Waals surface area contributed by atoms with Crippen LogP contribution in [0.25, 0.3) is 0 Å². The molecule has 20 heavy (non-hydrogen) atoms. The maximum Gasteiger partial charge on any atom is 0.279 e. The highest BCUT2D eigenvalue weighted by Gasteiger charge is 2.39. The summed E-state index contributed by atoms with van der Waals surface area (Å²) in [5, 5.41) is 3.16. The average molecular weight is 305 g/mol. The topological polar surface area (TPSA) is 70.7 Å². The largest absolute Gasteiger partial charge is 0.377 e. The van der Waals surface area contributed by atoms with Gasteiger partial charge in [-0.05, 0) is 51.6 Å².